The van der Waals surface area contributed by atoms with Crippen LogP contribution in [0.3, 0.4) is 0 Å². The number of fused-ring (bicyclic) bond motifs is 1. The number of carbonyl (C=O) groups is 3. The van der Waals surface area contributed by atoms with Crippen LogP contribution in [0.15, 0.2) is 48.5 Å². The third kappa shape index (κ3) is 6.30. The van der Waals surface area contributed by atoms with Gasteiger partial charge in [-0.3, -0.25) is 14.4 Å². The van der Waals surface area contributed by atoms with Crippen molar-refractivity contribution in [3.8, 4) is 11.5 Å². The second kappa shape index (κ2) is 11.2. The molecule has 3 aromatic rings. The molecule has 1 saturated carbocycles. The number of carboxylic acids is 1. The van der Waals surface area contributed by atoms with E-state index in [4.69, 9.17) is 14.6 Å². The van der Waals surface area contributed by atoms with Gasteiger partial charge in [0, 0.05) is 23.4 Å². The average Bonchev–Trinajstić information content (AvgIpc) is 3.30. The second-order valence-electron chi connectivity index (χ2n) is 8.48. The lowest BCUT2D eigenvalue weighted by atomic mass is 9.87. The molecule has 2 aromatic carbocycles. The number of benzene rings is 2. The molecule has 2 amide bonds. The minimum atomic E-state index is -0.737. The van der Waals surface area contributed by atoms with Gasteiger partial charge in [0.25, 0.3) is 11.8 Å². The quantitative estimate of drug-likeness (QED) is 0.385. The lowest BCUT2D eigenvalue weighted by Crippen LogP contribution is -2.34. The summed E-state index contributed by atoms with van der Waals surface area (Å²) in [6.07, 6.45) is 2.65. The predicted octanol–water partition coefficient (Wildman–Crippen LogP) is 4.09. The average molecular weight is 497 g/mol. The van der Waals surface area contributed by atoms with Crippen LogP contribution in [0, 0.1) is 5.92 Å². The van der Waals surface area contributed by atoms with Crippen molar-refractivity contribution in [2.75, 3.05) is 20.2 Å². The van der Waals surface area contributed by atoms with Crippen molar-refractivity contribution in [2.45, 2.75) is 31.8 Å². The smallest absolute Gasteiger partial charge is 0.306 e. The van der Waals surface area contributed by atoms with Crippen LogP contribution in [-0.2, 0) is 4.79 Å². The van der Waals surface area contributed by atoms with Crippen LogP contribution in [0.5, 0.6) is 11.5 Å². The van der Waals surface area contributed by atoms with Crippen LogP contribution in [0.25, 0.3) is 10.1 Å². The number of aliphatic carboxylic acids is 1. The Bertz CT molecular complexity index is 1200. The van der Waals surface area contributed by atoms with Gasteiger partial charge in [-0.1, -0.05) is 0 Å². The van der Waals surface area contributed by atoms with E-state index in [1.807, 2.05) is 24.3 Å². The van der Waals surface area contributed by atoms with Crippen molar-refractivity contribution in [3.05, 3.63) is 59.0 Å². The van der Waals surface area contributed by atoms with Crippen molar-refractivity contribution in [2.24, 2.45) is 5.92 Å². The molecule has 3 N–H and O–H groups in total. The Morgan fingerprint density at radius 1 is 0.914 bits per heavy atom. The molecule has 1 aromatic heterocycles. The first kappa shape index (κ1) is 24.5. The molecule has 184 valence electrons. The lowest BCUT2D eigenvalue weighted by Gasteiger charge is -2.26. The number of thiophene rings is 1. The van der Waals surface area contributed by atoms with Crippen LogP contribution < -0.4 is 20.1 Å². The monoisotopic (exact) mass is 496 g/mol. The highest BCUT2D eigenvalue weighted by atomic mass is 32.1. The third-order valence-corrected chi connectivity index (χ3v) is 7.19. The Balaban J connectivity index is 1.19. The van der Waals surface area contributed by atoms with Crippen LogP contribution >= 0.6 is 11.3 Å². The zero-order chi connectivity index (χ0) is 24.8. The molecule has 4 rings (SSSR count). The summed E-state index contributed by atoms with van der Waals surface area (Å²) in [7, 11) is 1.61. The molecule has 1 aliphatic rings. The Hall–Kier alpha value is -3.59. The van der Waals surface area contributed by atoms with Crippen LogP contribution in [0.2, 0.25) is 0 Å². The van der Waals surface area contributed by atoms with E-state index in [1.165, 1.54) is 11.3 Å². The molecule has 0 bridgehead atoms. The van der Waals surface area contributed by atoms with Gasteiger partial charge in [0.2, 0.25) is 0 Å². The zero-order valence-electron chi connectivity index (χ0n) is 19.4. The molecule has 0 aliphatic heterocycles. The minimum absolute atomic E-state index is 0.00291. The van der Waals surface area contributed by atoms with Crippen molar-refractivity contribution >= 4 is 39.2 Å². The SMILES string of the molecule is COc1ccc2cc(C(=O)NCCNC(=O)c3ccc(OC4CCC(C(=O)O)CC4)cc3)sc2c1. The highest BCUT2D eigenvalue weighted by molar-refractivity contribution is 7.20. The second-order valence-corrected chi connectivity index (χ2v) is 9.56. The molecular formula is C26H28N2O6S. The van der Waals surface area contributed by atoms with E-state index < -0.39 is 5.97 Å². The molecule has 0 radical (unpaired) electrons. The van der Waals surface area contributed by atoms with E-state index in [-0.39, 0.29) is 23.8 Å². The topological polar surface area (TPSA) is 114 Å². The van der Waals surface area contributed by atoms with E-state index in [0.717, 1.165) is 15.8 Å². The maximum atomic E-state index is 12.4. The van der Waals surface area contributed by atoms with Crippen LogP contribution in [-0.4, -0.2) is 49.2 Å². The largest absolute Gasteiger partial charge is 0.497 e. The van der Waals surface area contributed by atoms with Gasteiger partial charge < -0.3 is 25.2 Å². The van der Waals surface area contributed by atoms with Crippen LogP contribution in [0.4, 0.5) is 0 Å². The molecule has 1 heterocycles. The Morgan fingerprint density at radius 3 is 2.23 bits per heavy atom. The van der Waals surface area contributed by atoms with E-state index in [1.54, 1.807) is 31.4 Å². The number of carbonyl (C=O) groups excluding carboxylic acids is 2. The summed E-state index contributed by atoms with van der Waals surface area (Å²) in [5, 5.41) is 15.7. The predicted molar refractivity (Wildman–Crippen MR) is 133 cm³/mol. The summed E-state index contributed by atoms with van der Waals surface area (Å²) in [5.41, 5.74) is 0.497. The van der Waals surface area contributed by atoms with Gasteiger partial charge >= 0.3 is 5.97 Å². The molecule has 9 heteroatoms. The summed E-state index contributed by atoms with van der Waals surface area (Å²) in [5.74, 6) is -0.0238. The summed E-state index contributed by atoms with van der Waals surface area (Å²) in [6, 6.07) is 14.4. The third-order valence-electron chi connectivity index (χ3n) is 6.09. The van der Waals surface area contributed by atoms with Crippen molar-refractivity contribution in [1.82, 2.24) is 10.6 Å². The number of methoxy groups -OCH3 is 1. The Morgan fingerprint density at radius 2 is 1.57 bits per heavy atom. The number of ether oxygens (including phenoxy) is 2. The molecule has 0 saturated heterocycles. The first-order valence-corrected chi connectivity index (χ1v) is 12.4. The maximum absolute atomic E-state index is 12.4. The normalized spacial score (nSPS) is 17.5. The van der Waals surface area contributed by atoms with Crippen molar-refractivity contribution < 1.29 is 29.0 Å². The molecule has 0 atom stereocenters. The summed E-state index contributed by atoms with van der Waals surface area (Å²) < 4.78 is 12.1. The maximum Gasteiger partial charge on any atom is 0.306 e. The molecule has 35 heavy (non-hydrogen) atoms. The van der Waals surface area contributed by atoms with Gasteiger partial charge in [0.05, 0.1) is 24.0 Å². The van der Waals surface area contributed by atoms with E-state index in [9.17, 15) is 14.4 Å². The van der Waals surface area contributed by atoms with Crippen molar-refractivity contribution in [1.29, 1.82) is 0 Å². The number of rotatable bonds is 9. The Labute approximate surface area is 207 Å². The molecule has 0 unspecified atom stereocenters. The molecule has 1 fully saturated rings. The molecule has 1 aliphatic carbocycles. The van der Waals surface area contributed by atoms with E-state index in [2.05, 4.69) is 10.6 Å². The van der Waals surface area contributed by atoms with Gasteiger partial charge in [-0.05, 0) is 79.6 Å². The fraction of sp³-hybridized carbons (Fsp3) is 0.346. The van der Waals surface area contributed by atoms with Gasteiger partial charge in [-0.15, -0.1) is 11.3 Å². The van der Waals surface area contributed by atoms with E-state index >= 15 is 0 Å². The fourth-order valence-corrected chi connectivity index (χ4v) is 5.10. The van der Waals surface area contributed by atoms with Gasteiger partial charge in [0.1, 0.15) is 11.5 Å². The molecular weight excluding hydrogens is 468 g/mol. The first-order chi connectivity index (χ1) is 16.9. The standard InChI is InChI=1S/C26H28N2O6S/c1-33-21-11-6-18-14-23(35-22(18)15-21)25(30)28-13-12-27-24(29)16-2-7-19(8-3-16)34-20-9-4-17(5-10-20)26(31)32/h2-3,6-8,11,14-15,17,20H,4-5,9-10,12-13H2,1H3,(H,27,29)(H,28,30)(H,31,32). The number of hydrogen-bond donors (Lipinski definition) is 3. The van der Waals surface area contributed by atoms with E-state index in [0.29, 0.717) is 55.0 Å². The Kier molecular flexibility index (Phi) is 7.87. The summed E-state index contributed by atoms with van der Waals surface area (Å²) in [6.45, 7) is 0.608. The summed E-state index contributed by atoms with van der Waals surface area (Å²) in [4.78, 5) is 36.5. The van der Waals surface area contributed by atoms with Crippen molar-refractivity contribution in [3.63, 3.8) is 0 Å². The highest BCUT2D eigenvalue weighted by Gasteiger charge is 2.26. The first-order valence-electron chi connectivity index (χ1n) is 11.6. The highest BCUT2D eigenvalue weighted by Crippen LogP contribution is 2.29. The number of amides is 2. The number of nitrogens with one attached hydrogen (secondary N) is 2. The molecule has 8 nitrogen and oxygen atoms in total. The van der Waals surface area contributed by atoms with Gasteiger partial charge in [-0.2, -0.15) is 0 Å². The number of hydrogen-bond acceptors (Lipinski definition) is 6. The van der Waals surface area contributed by atoms with Crippen LogP contribution in [0.1, 0.15) is 45.7 Å². The lowest BCUT2D eigenvalue weighted by molar-refractivity contribution is -0.143. The van der Waals surface area contributed by atoms with Gasteiger partial charge in [-0.25, -0.2) is 0 Å². The zero-order valence-corrected chi connectivity index (χ0v) is 20.2. The molecule has 0 spiro atoms. The van der Waals surface area contributed by atoms with Gasteiger partial charge in [0.15, 0.2) is 0 Å². The summed E-state index contributed by atoms with van der Waals surface area (Å²) >= 11 is 1.39. The number of carboxylic acid groups (broad SMARTS) is 1. The fourth-order valence-electron chi connectivity index (χ4n) is 4.10. The minimum Gasteiger partial charge on any atom is -0.497 e.